The average Bonchev–Trinajstić information content (AvgIpc) is 2.45. The molecule has 1 heteroatoms. The van der Waals surface area contributed by atoms with Crippen LogP contribution in [0.1, 0.15) is 90.8 Å². The minimum atomic E-state index is 0.322. The number of unbranched alkanes of at least 4 members (excludes halogenated alkanes) is 1. The molecule has 1 atom stereocenters. The van der Waals surface area contributed by atoms with Crippen LogP contribution in [-0.4, -0.2) is 7.85 Å². The molecule has 0 aliphatic rings. The Hall–Kier alpha value is -0.715. The molecule has 0 saturated carbocycles. The van der Waals surface area contributed by atoms with Crippen LogP contribution < -0.4 is 5.46 Å². The highest BCUT2D eigenvalue weighted by Crippen LogP contribution is 2.47. The molecule has 0 aliphatic carbocycles. The lowest BCUT2D eigenvalue weighted by molar-refractivity contribution is 0.0474. The summed E-state index contributed by atoms with van der Waals surface area (Å²) in [4.78, 5) is 0. The Morgan fingerprint density at radius 3 is 2.00 bits per heavy atom. The summed E-state index contributed by atoms with van der Waals surface area (Å²) in [6, 6.07) is 4.76. The van der Waals surface area contributed by atoms with E-state index in [2.05, 4.69) is 82.3 Å². The van der Waals surface area contributed by atoms with Gasteiger partial charge in [0.15, 0.2) is 0 Å². The molecule has 1 aromatic carbocycles. The van der Waals surface area contributed by atoms with E-state index in [1.165, 1.54) is 48.7 Å². The normalized spacial score (nSPS) is 14.2. The third kappa shape index (κ3) is 6.19. The van der Waals surface area contributed by atoms with Crippen LogP contribution in [0.5, 0.6) is 0 Å². The molecule has 0 aromatic heterocycles. The second-order valence-electron chi connectivity index (χ2n) is 10.4. The Balaban J connectivity index is 3.03. The Morgan fingerprint density at radius 2 is 1.48 bits per heavy atom. The molecule has 25 heavy (non-hydrogen) atoms. The van der Waals surface area contributed by atoms with Crippen molar-refractivity contribution < 1.29 is 0 Å². The summed E-state index contributed by atoms with van der Waals surface area (Å²) in [5.41, 5.74) is 6.58. The summed E-state index contributed by atoms with van der Waals surface area (Å²) in [5, 5.41) is 0. The van der Waals surface area contributed by atoms with E-state index in [-0.39, 0.29) is 0 Å². The lowest BCUT2D eigenvalue weighted by Gasteiger charge is -2.46. The van der Waals surface area contributed by atoms with Crippen molar-refractivity contribution >= 4 is 13.3 Å². The largest absolute Gasteiger partial charge is 0.139 e. The zero-order valence-corrected chi connectivity index (χ0v) is 18.8. The number of hydrogen-bond donors (Lipinski definition) is 0. The van der Waals surface area contributed by atoms with Gasteiger partial charge in [-0.25, -0.2) is 0 Å². The Labute approximate surface area is 159 Å². The van der Waals surface area contributed by atoms with Gasteiger partial charge in [-0.1, -0.05) is 85.3 Å². The van der Waals surface area contributed by atoms with Gasteiger partial charge in [0.25, 0.3) is 0 Å². The highest BCUT2D eigenvalue weighted by Gasteiger charge is 2.39. The zero-order valence-electron chi connectivity index (χ0n) is 18.8. The van der Waals surface area contributed by atoms with Gasteiger partial charge in [0.1, 0.15) is 7.85 Å². The minimum absolute atomic E-state index is 0.322. The minimum Gasteiger partial charge on any atom is -0.0884 e. The van der Waals surface area contributed by atoms with E-state index in [1.54, 1.807) is 5.56 Å². The average molecular weight is 342 g/mol. The van der Waals surface area contributed by atoms with Crippen molar-refractivity contribution in [1.82, 2.24) is 0 Å². The summed E-state index contributed by atoms with van der Waals surface area (Å²) in [6.45, 7) is 21.5. The fourth-order valence-corrected chi connectivity index (χ4v) is 3.88. The van der Waals surface area contributed by atoms with Gasteiger partial charge in [-0.3, -0.25) is 0 Å². The van der Waals surface area contributed by atoms with Crippen LogP contribution >= 0.6 is 0 Å². The predicted octanol–water partition coefficient (Wildman–Crippen LogP) is 6.01. The summed E-state index contributed by atoms with van der Waals surface area (Å²) < 4.78 is 0. The maximum atomic E-state index is 2.50. The molecular formula is C24H43B. The van der Waals surface area contributed by atoms with Crippen LogP contribution in [0, 0.1) is 36.5 Å². The van der Waals surface area contributed by atoms with Gasteiger partial charge < -0.3 is 0 Å². The Bertz CT molecular complexity index is 546. The van der Waals surface area contributed by atoms with E-state index in [0.717, 1.165) is 11.8 Å². The van der Waals surface area contributed by atoms with Gasteiger partial charge in [-0.15, -0.1) is 0 Å². The Kier molecular flexibility index (Phi) is 7.84. The van der Waals surface area contributed by atoms with Crippen LogP contribution in [-0.2, 0) is 6.42 Å². The van der Waals surface area contributed by atoms with Crippen LogP contribution in [0.3, 0.4) is 0 Å². The standard InChI is InChI=1S/C24H43B/c1-17(2)12-10-11-13-21(24(8,9)23(5,6)7)15-20-16-22(25)14-18(3)19(20)4/h14,16-17,21H,10-13,15,25H2,1-9H3. The van der Waals surface area contributed by atoms with E-state index < -0.39 is 0 Å². The van der Waals surface area contributed by atoms with Crippen molar-refractivity contribution in [2.45, 2.75) is 94.4 Å². The van der Waals surface area contributed by atoms with E-state index in [1.807, 2.05) is 0 Å². The van der Waals surface area contributed by atoms with Gasteiger partial charge in [-0.05, 0) is 66.0 Å². The molecule has 142 valence electrons. The third-order valence-corrected chi connectivity index (χ3v) is 6.92. The van der Waals surface area contributed by atoms with Gasteiger partial charge in [0.2, 0.25) is 0 Å². The van der Waals surface area contributed by atoms with E-state index in [9.17, 15) is 0 Å². The molecule has 0 spiro atoms. The first-order valence-electron chi connectivity index (χ1n) is 10.4. The highest BCUT2D eigenvalue weighted by atomic mass is 14.4. The molecule has 0 heterocycles. The fraction of sp³-hybridized carbons (Fsp3) is 0.750. The van der Waals surface area contributed by atoms with Crippen molar-refractivity contribution in [1.29, 1.82) is 0 Å². The fourth-order valence-electron chi connectivity index (χ4n) is 3.88. The molecule has 0 bridgehead atoms. The second kappa shape index (κ2) is 8.78. The molecule has 0 saturated heterocycles. The smallest absolute Gasteiger partial charge is 0.0884 e. The summed E-state index contributed by atoms with van der Waals surface area (Å²) in [5.74, 6) is 1.57. The first-order chi connectivity index (χ1) is 11.4. The van der Waals surface area contributed by atoms with Crippen molar-refractivity contribution in [3.8, 4) is 0 Å². The zero-order chi connectivity index (χ0) is 19.4. The van der Waals surface area contributed by atoms with E-state index in [4.69, 9.17) is 0 Å². The SMILES string of the molecule is Bc1cc(C)c(C)c(CC(CCCCC(C)C)C(C)(C)C(C)(C)C)c1. The molecule has 1 aromatic rings. The van der Waals surface area contributed by atoms with Crippen LogP contribution in [0.15, 0.2) is 12.1 Å². The summed E-state index contributed by atoms with van der Waals surface area (Å²) in [6.07, 6.45) is 6.68. The van der Waals surface area contributed by atoms with E-state index >= 15 is 0 Å². The van der Waals surface area contributed by atoms with Crippen molar-refractivity contribution in [3.05, 3.63) is 28.8 Å². The maximum Gasteiger partial charge on any atom is 0.139 e. The maximum absolute atomic E-state index is 2.50. The van der Waals surface area contributed by atoms with Gasteiger partial charge in [-0.2, -0.15) is 0 Å². The van der Waals surface area contributed by atoms with Crippen LogP contribution in [0.4, 0.5) is 0 Å². The highest BCUT2D eigenvalue weighted by molar-refractivity contribution is 6.32. The molecule has 1 rings (SSSR count). The van der Waals surface area contributed by atoms with Gasteiger partial charge in [0, 0.05) is 0 Å². The van der Waals surface area contributed by atoms with Crippen LogP contribution in [0.2, 0.25) is 0 Å². The second-order valence-corrected chi connectivity index (χ2v) is 10.4. The molecule has 1 unspecified atom stereocenters. The lowest BCUT2D eigenvalue weighted by atomic mass is 9.59. The quantitative estimate of drug-likeness (QED) is 0.401. The molecule has 0 fully saturated rings. The molecule has 0 radical (unpaired) electrons. The first kappa shape index (κ1) is 22.3. The lowest BCUT2D eigenvalue weighted by Crippen LogP contribution is -2.38. The molecule has 0 nitrogen and oxygen atoms in total. The summed E-state index contributed by atoms with van der Waals surface area (Å²) in [7, 11) is 2.24. The number of hydrogen-bond acceptors (Lipinski definition) is 0. The number of benzene rings is 1. The molecule has 0 amide bonds. The van der Waals surface area contributed by atoms with E-state index in [0.29, 0.717) is 10.8 Å². The molecule has 0 aliphatic heterocycles. The topological polar surface area (TPSA) is 0 Å². The third-order valence-electron chi connectivity index (χ3n) is 6.92. The van der Waals surface area contributed by atoms with Gasteiger partial charge in [0.05, 0.1) is 0 Å². The number of aryl methyl sites for hydroxylation is 1. The molecule has 0 N–H and O–H groups in total. The monoisotopic (exact) mass is 342 g/mol. The van der Waals surface area contributed by atoms with Crippen molar-refractivity contribution in [3.63, 3.8) is 0 Å². The summed E-state index contributed by atoms with van der Waals surface area (Å²) >= 11 is 0. The molecular weight excluding hydrogens is 299 g/mol. The first-order valence-corrected chi connectivity index (χ1v) is 10.4. The van der Waals surface area contributed by atoms with Crippen LogP contribution in [0.25, 0.3) is 0 Å². The number of rotatable bonds is 8. The van der Waals surface area contributed by atoms with Crippen molar-refractivity contribution in [2.24, 2.45) is 22.7 Å². The van der Waals surface area contributed by atoms with Crippen molar-refractivity contribution in [2.75, 3.05) is 0 Å². The Morgan fingerprint density at radius 1 is 0.920 bits per heavy atom. The predicted molar refractivity (Wildman–Crippen MR) is 118 cm³/mol. The van der Waals surface area contributed by atoms with Gasteiger partial charge >= 0.3 is 0 Å².